The van der Waals surface area contributed by atoms with Gasteiger partial charge in [0.15, 0.2) is 5.13 Å². The van der Waals surface area contributed by atoms with E-state index < -0.39 is 18.4 Å². The first-order valence-corrected chi connectivity index (χ1v) is 5.20. The summed E-state index contributed by atoms with van der Waals surface area (Å²) in [5.41, 5.74) is 0.594. The molecule has 0 aliphatic heterocycles. The molecule has 1 aromatic rings. The Kier molecular flexibility index (Phi) is 4.01. The second-order valence-corrected chi connectivity index (χ2v) is 3.84. The molecule has 0 saturated carbocycles. The maximum atomic E-state index is 10.7. The molecule has 0 aliphatic carbocycles. The topological polar surface area (TPSA) is 99.5 Å². The molecule has 7 heteroatoms. The first-order chi connectivity index (χ1) is 7.49. The number of anilines is 1. The van der Waals surface area contributed by atoms with Crippen LogP contribution in [0.4, 0.5) is 5.13 Å². The van der Waals surface area contributed by atoms with Crippen molar-refractivity contribution >= 4 is 28.4 Å². The maximum absolute atomic E-state index is 10.7. The van der Waals surface area contributed by atoms with Crippen LogP contribution in [0.1, 0.15) is 12.1 Å². The molecule has 0 amide bonds. The third-order valence-corrected chi connectivity index (χ3v) is 2.50. The van der Waals surface area contributed by atoms with Gasteiger partial charge in [-0.2, -0.15) is 0 Å². The predicted molar refractivity (Wildman–Crippen MR) is 58.4 cm³/mol. The molecule has 0 fully saturated rings. The zero-order valence-corrected chi connectivity index (χ0v) is 9.24. The summed E-state index contributed by atoms with van der Waals surface area (Å²) in [6.45, 7) is 1.81. The van der Waals surface area contributed by atoms with Gasteiger partial charge in [0.2, 0.25) is 0 Å². The number of aliphatic carboxylic acids is 2. The van der Waals surface area contributed by atoms with E-state index in [4.69, 9.17) is 10.2 Å². The minimum absolute atomic E-state index is 0.222. The molecule has 0 aromatic carbocycles. The monoisotopic (exact) mass is 242 g/mol. The molecule has 0 spiro atoms. The van der Waals surface area contributed by atoms with Gasteiger partial charge in [0.25, 0.3) is 0 Å². The van der Waals surface area contributed by atoms with Gasteiger partial charge in [0, 0.05) is 11.6 Å². The van der Waals surface area contributed by atoms with Crippen molar-refractivity contribution in [2.75, 3.05) is 5.32 Å². The first-order valence-electron chi connectivity index (χ1n) is 4.32. The lowest BCUT2D eigenvalue weighted by Crippen LogP contribution is -2.08. The number of nitrogens with zero attached hydrogens (tertiary/aromatic N) is 1. The smallest absolute Gasteiger partial charge is 0.333 e. The Labute approximate surface area is 95.3 Å². The molecule has 0 atom stereocenters. The van der Waals surface area contributed by atoms with Crippen molar-refractivity contribution in [2.45, 2.75) is 13.3 Å². The first kappa shape index (κ1) is 12.2. The van der Waals surface area contributed by atoms with Gasteiger partial charge in [-0.25, -0.2) is 9.78 Å². The van der Waals surface area contributed by atoms with Crippen LogP contribution in [-0.4, -0.2) is 27.1 Å². The van der Waals surface area contributed by atoms with Crippen molar-refractivity contribution in [3.63, 3.8) is 0 Å². The third kappa shape index (κ3) is 3.70. The number of carboxylic acids is 2. The van der Waals surface area contributed by atoms with Crippen LogP contribution in [0.2, 0.25) is 0 Å². The van der Waals surface area contributed by atoms with E-state index in [0.717, 1.165) is 11.9 Å². The number of rotatable bonds is 5. The zero-order valence-electron chi connectivity index (χ0n) is 8.43. The highest BCUT2D eigenvalue weighted by Gasteiger charge is 2.11. The van der Waals surface area contributed by atoms with Gasteiger partial charge >= 0.3 is 11.9 Å². The molecule has 16 heavy (non-hydrogen) atoms. The number of hydrogen-bond donors (Lipinski definition) is 3. The van der Waals surface area contributed by atoms with Crippen LogP contribution in [-0.2, 0) is 9.59 Å². The molecule has 0 unspecified atom stereocenters. The standard InChI is InChI=1S/C9H10N2O4S/c1-5-4-16-9(11-5)10-3-6(8(14)15)2-7(12)13/h3-4H,2H2,1H3,(H,10,11)(H,12,13)(H,14,15)/b6-3+. The van der Waals surface area contributed by atoms with E-state index in [9.17, 15) is 9.59 Å². The highest BCUT2D eigenvalue weighted by molar-refractivity contribution is 7.13. The fourth-order valence-corrected chi connectivity index (χ4v) is 1.58. The lowest BCUT2D eigenvalue weighted by Gasteiger charge is -1.99. The Bertz CT molecular complexity index is 438. The second-order valence-electron chi connectivity index (χ2n) is 2.98. The van der Waals surface area contributed by atoms with Gasteiger partial charge in [0.1, 0.15) is 0 Å². The summed E-state index contributed by atoms with van der Waals surface area (Å²) >= 11 is 1.31. The zero-order chi connectivity index (χ0) is 12.1. The number of thiazole rings is 1. The average molecular weight is 242 g/mol. The molecule has 0 bridgehead atoms. The maximum Gasteiger partial charge on any atom is 0.333 e. The Hall–Kier alpha value is -1.89. The van der Waals surface area contributed by atoms with Crippen molar-refractivity contribution in [2.24, 2.45) is 0 Å². The van der Waals surface area contributed by atoms with Crippen LogP contribution in [0.5, 0.6) is 0 Å². The lowest BCUT2D eigenvalue weighted by atomic mass is 10.2. The lowest BCUT2D eigenvalue weighted by molar-refractivity contribution is -0.139. The van der Waals surface area contributed by atoms with Gasteiger partial charge in [-0.3, -0.25) is 4.79 Å². The summed E-state index contributed by atoms with van der Waals surface area (Å²) in [7, 11) is 0. The third-order valence-electron chi connectivity index (χ3n) is 1.61. The van der Waals surface area contributed by atoms with Crippen LogP contribution >= 0.6 is 11.3 Å². The van der Waals surface area contributed by atoms with Crippen LogP contribution < -0.4 is 5.32 Å². The summed E-state index contributed by atoms with van der Waals surface area (Å²) in [5.74, 6) is -2.45. The molecule has 1 aromatic heterocycles. The SMILES string of the molecule is Cc1csc(N/C=C(\CC(=O)O)C(=O)O)n1. The summed E-state index contributed by atoms with van der Waals surface area (Å²) < 4.78 is 0. The van der Waals surface area contributed by atoms with Gasteiger partial charge in [-0.05, 0) is 6.92 Å². The highest BCUT2D eigenvalue weighted by Crippen LogP contribution is 2.15. The Morgan fingerprint density at radius 3 is 2.69 bits per heavy atom. The van der Waals surface area contributed by atoms with E-state index in [2.05, 4.69) is 10.3 Å². The minimum Gasteiger partial charge on any atom is -0.481 e. The fourth-order valence-electron chi connectivity index (χ4n) is 0.920. The van der Waals surface area contributed by atoms with Crippen molar-refractivity contribution in [1.29, 1.82) is 0 Å². The summed E-state index contributed by atoms with van der Waals surface area (Å²) in [5, 5.41) is 22.2. The largest absolute Gasteiger partial charge is 0.481 e. The number of aryl methyl sites for hydroxylation is 1. The molecule has 0 aliphatic rings. The van der Waals surface area contributed by atoms with E-state index in [1.165, 1.54) is 11.3 Å². The Morgan fingerprint density at radius 2 is 2.25 bits per heavy atom. The second kappa shape index (κ2) is 5.26. The molecule has 6 nitrogen and oxygen atoms in total. The summed E-state index contributed by atoms with van der Waals surface area (Å²) in [4.78, 5) is 25.1. The van der Waals surface area contributed by atoms with Crippen molar-refractivity contribution in [3.8, 4) is 0 Å². The molecule has 0 radical (unpaired) electrons. The summed E-state index contributed by atoms with van der Waals surface area (Å²) in [6.07, 6.45) is 0.613. The van der Waals surface area contributed by atoms with E-state index in [1.807, 2.05) is 0 Å². The van der Waals surface area contributed by atoms with E-state index in [-0.39, 0.29) is 5.57 Å². The van der Waals surface area contributed by atoms with Crippen LogP contribution in [0.25, 0.3) is 0 Å². The Balaban J connectivity index is 2.71. The van der Waals surface area contributed by atoms with E-state index in [1.54, 1.807) is 12.3 Å². The Morgan fingerprint density at radius 1 is 1.56 bits per heavy atom. The van der Waals surface area contributed by atoms with Crippen LogP contribution in [0.3, 0.4) is 0 Å². The van der Waals surface area contributed by atoms with Gasteiger partial charge < -0.3 is 15.5 Å². The van der Waals surface area contributed by atoms with Crippen molar-refractivity contribution in [1.82, 2.24) is 4.98 Å². The minimum atomic E-state index is -1.26. The molecule has 1 heterocycles. The van der Waals surface area contributed by atoms with Crippen molar-refractivity contribution in [3.05, 3.63) is 22.8 Å². The van der Waals surface area contributed by atoms with Gasteiger partial charge in [-0.1, -0.05) is 0 Å². The molecular weight excluding hydrogens is 232 g/mol. The number of carbonyl (C=O) groups is 2. The van der Waals surface area contributed by atoms with Crippen molar-refractivity contribution < 1.29 is 19.8 Å². The molecule has 0 saturated heterocycles. The summed E-state index contributed by atoms with van der Waals surface area (Å²) in [6, 6.07) is 0. The quantitative estimate of drug-likeness (QED) is 0.673. The predicted octanol–water partition coefficient (Wildman–Crippen LogP) is 1.31. The molecule has 1 rings (SSSR count). The number of aromatic nitrogens is 1. The number of carboxylic acid groups (broad SMARTS) is 2. The molecule has 86 valence electrons. The highest BCUT2D eigenvalue weighted by atomic mass is 32.1. The molecular formula is C9H10N2O4S. The average Bonchev–Trinajstić information content (AvgIpc) is 2.58. The van der Waals surface area contributed by atoms with Crippen LogP contribution in [0, 0.1) is 6.92 Å². The van der Waals surface area contributed by atoms with Crippen LogP contribution in [0.15, 0.2) is 17.2 Å². The number of hydrogen-bond acceptors (Lipinski definition) is 5. The normalized spacial score (nSPS) is 11.2. The van der Waals surface area contributed by atoms with E-state index in [0.29, 0.717) is 5.13 Å². The van der Waals surface area contributed by atoms with Gasteiger partial charge in [-0.15, -0.1) is 11.3 Å². The fraction of sp³-hybridized carbons (Fsp3) is 0.222. The number of nitrogens with one attached hydrogen (secondary N) is 1. The van der Waals surface area contributed by atoms with E-state index >= 15 is 0 Å². The molecule has 3 N–H and O–H groups in total. The van der Waals surface area contributed by atoms with Gasteiger partial charge in [0.05, 0.1) is 17.7 Å².